The van der Waals surface area contributed by atoms with E-state index < -0.39 is 35.5 Å². The van der Waals surface area contributed by atoms with Crippen LogP contribution < -0.4 is 0 Å². The third-order valence-corrected chi connectivity index (χ3v) is 6.31. The number of imide groups is 1. The van der Waals surface area contributed by atoms with E-state index in [0.717, 1.165) is 16.5 Å². The van der Waals surface area contributed by atoms with E-state index in [9.17, 15) is 28.0 Å². The number of aryl methyl sites for hydroxylation is 1. The minimum absolute atomic E-state index is 0.0212. The number of hydrogen-bond acceptors (Lipinski definition) is 5. The molecule has 0 N–H and O–H groups in total. The molecule has 6 nitrogen and oxygen atoms in total. The number of benzene rings is 3. The van der Waals surface area contributed by atoms with Gasteiger partial charge in [0, 0.05) is 12.6 Å². The molecule has 0 unspecified atom stereocenters. The molecule has 0 aromatic heterocycles. The molecule has 1 heterocycles. The molecule has 0 aliphatic carbocycles. The lowest BCUT2D eigenvalue weighted by Gasteiger charge is -2.23. The molecular formula is C28H23F2NO5. The number of amides is 2. The summed E-state index contributed by atoms with van der Waals surface area (Å²) in [4.78, 5) is 49.2. The maximum absolute atomic E-state index is 13.5. The van der Waals surface area contributed by atoms with Gasteiger partial charge in [-0.1, -0.05) is 36.4 Å². The Balaban J connectivity index is 1.38. The summed E-state index contributed by atoms with van der Waals surface area (Å²) in [5, 5.41) is 0. The van der Waals surface area contributed by atoms with Crippen LogP contribution in [-0.2, 0) is 20.7 Å². The number of fused-ring (bicyclic) bond motifs is 1. The largest absolute Gasteiger partial charge is 0.464 e. The zero-order valence-corrected chi connectivity index (χ0v) is 19.2. The monoisotopic (exact) mass is 491 g/mol. The van der Waals surface area contributed by atoms with Crippen LogP contribution in [0.15, 0.2) is 66.7 Å². The Bertz CT molecular complexity index is 1240. The highest BCUT2D eigenvalue weighted by Crippen LogP contribution is 2.26. The summed E-state index contributed by atoms with van der Waals surface area (Å²) in [6.07, 6.45) is 0.879. The Morgan fingerprint density at radius 3 is 1.97 bits per heavy atom. The minimum atomic E-state index is -0.743. The molecule has 184 valence electrons. The van der Waals surface area contributed by atoms with Crippen LogP contribution >= 0.6 is 0 Å². The van der Waals surface area contributed by atoms with Gasteiger partial charge in [-0.3, -0.25) is 19.3 Å². The molecule has 2 amide bonds. The fourth-order valence-corrected chi connectivity index (χ4v) is 4.41. The van der Waals surface area contributed by atoms with Gasteiger partial charge in [0.2, 0.25) is 0 Å². The maximum atomic E-state index is 13.5. The van der Waals surface area contributed by atoms with Crippen molar-refractivity contribution in [3.05, 3.63) is 95.1 Å². The van der Waals surface area contributed by atoms with Gasteiger partial charge in [0.15, 0.2) is 0 Å². The zero-order valence-electron chi connectivity index (χ0n) is 19.2. The number of hydrogen-bond donors (Lipinski definition) is 0. The topological polar surface area (TPSA) is 80.8 Å². The number of carbonyl (C=O) groups excluding carboxylic acids is 4. The van der Waals surface area contributed by atoms with Crippen LogP contribution in [0.1, 0.15) is 39.1 Å². The van der Waals surface area contributed by atoms with Crippen LogP contribution in [0.25, 0.3) is 11.1 Å². The lowest BCUT2D eigenvalue weighted by Crippen LogP contribution is -2.35. The molecule has 2 atom stereocenters. The molecule has 1 aliphatic rings. The van der Waals surface area contributed by atoms with E-state index >= 15 is 0 Å². The molecule has 3 aromatic rings. The highest BCUT2D eigenvalue weighted by Gasteiger charge is 2.35. The van der Waals surface area contributed by atoms with Crippen LogP contribution in [0.4, 0.5) is 8.78 Å². The average molecular weight is 491 g/mol. The van der Waals surface area contributed by atoms with E-state index in [-0.39, 0.29) is 19.4 Å². The van der Waals surface area contributed by atoms with Gasteiger partial charge in [-0.25, -0.2) is 8.78 Å². The van der Waals surface area contributed by atoms with E-state index in [1.165, 1.54) is 12.1 Å². The van der Waals surface area contributed by atoms with Gasteiger partial charge >= 0.3 is 0 Å². The molecule has 36 heavy (non-hydrogen) atoms. The summed E-state index contributed by atoms with van der Waals surface area (Å²) in [5.41, 5.74) is 2.59. The first-order valence-electron chi connectivity index (χ1n) is 11.5. The summed E-state index contributed by atoms with van der Waals surface area (Å²) >= 11 is 0. The maximum Gasteiger partial charge on any atom is 0.293 e. The number of aldehydes is 1. The third-order valence-electron chi connectivity index (χ3n) is 6.31. The van der Waals surface area contributed by atoms with Crippen molar-refractivity contribution in [2.75, 3.05) is 6.54 Å². The predicted molar refractivity (Wildman–Crippen MR) is 127 cm³/mol. The average Bonchev–Trinajstić information content (AvgIpc) is 3.12. The first-order valence-corrected chi connectivity index (χ1v) is 11.5. The Kier molecular flexibility index (Phi) is 7.63. The van der Waals surface area contributed by atoms with Gasteiger partial charge in [0.1, 0.15) is 24.0 Å². The zero-order chi connectivity index (χ0) is 25.7. The third kappa shape index (κ3) is 5.38. The Labute approximate surface area is 206 Å². The summed E-state index contributed by atoms with van der Waals surface area (Å²) in [5.74, 6) is -2.86. The van der Waals surface area contributed by atoms with Crippen molar-refractivity contribution < 1.29 is 32.7 Å². The molecule has 8 heteroatoms. The van der Waals surface area contributed by atoms with Crippen molar-refractivity contribution >= 4 is 24.6 Å². The summed E-state index contributed by atoms with van der Waals surface area (Å²) in [7, 11) is 0. The molecule has 4 rings (SSSR count). The van der Waals surface area contributed by atoms with Crippen LogP contribution in [0.3, 0.4) is 0 Å². The highest BCUT2D eigenvalue weighted by atomic mass is 19.1. The van der Waals surface area contributed by atoms with Crippen LogP contribution in [0.5, 0.6) is 0 Å². The molecule has 0 radical (unpaired) electrons. The highest BCUT2D eigenvalue weighted by molar-refractivity contribution is 6.21. The molecule has 1 aliphatic heterocycles. The minimum Gasteiger partial charge on any atom is -0.464 e. The lowest BCUT2D eigenvalue weighted by molar-refractivity contribution is -0.138. The second-order valence-electron chi connectivity index (χ2n) is 8.56. The quantitative estimate of drug-likeness (QED) is 0.289. The molecular weight excluding hydrogens is 468 g/mol. The van der Waals surface area contributed by atoms with E-state index in [0.29, 0.717) is 41.4 Å². The van der Waals surface area contributed by atoms with Gasteiger partial charge in [-0.15, -0.1) is 0 Å². The van der Waals surface area contributed by atoms with Gasteiger partial charge in [0.05, 0.1) is 17.0 Å². The van der Waals surface area contributed by atoms with Gasteiger partial charge in [0.25, 0.3) is 18.3 Å². The smallest absolute Gasteiger partial charge is 0.293 e. The summed E-state index contributed by atoms with van der Waals surface area (Å²) < 4.78 is 32.2. The number of halogens is 2. The van der Waals surface area contributed by atoms with Crippen molar-refractivity contribution in [2.24, 2.45) is 5.92 Å². The number of nitrogens with zero attached hydrogens (tertiary/aromatic N) is 1. The number of rotatable bonds is 11. The van der Waals surface area contributed by atoms with Crippen molar-refractivity contribution in [3.8, 4) is 11.1 Å². The van der Waals surface area contributed by atoms with Gasteiger partial charge in [-0.05, 0) is 60.2 Å². The van der Waals surface area contributed by atoms with Crippen LogP contribution in [0, 0.1) is 17.6 Å². The van der Waals surface area contributed by atoms with Crippen LogP contribution in [-0.4, -0.2) is 42.1 Å². The Hall–Kier alpha value is -4.20. The van der Waals surface area contributed by atoms with E-state index in [1.807, 2.05) is 0 Å². The lowest BCUT2D eigenvalue weighted by atomic mass is 9.93. The second kappa shape index (κ2) is 11.0. The van der Waals surface area contributed by atoms with E-state index in [1.54, 1.807) is 48.5 Å². The molecule has 0 saturated carbocycles. The fourth-order valence-electron chi connectivity index (χ4n) is 4.41. The Morgan fingerprint density at radius 2 is 1.42 bits per heavy atom. The Morgan fingerprint density at radius 1 is 0.806 bits per heavy atom. The van der Waals surface area contributed by atoms with Gasteiger partial charge in [-0.2, -0.15) is 0 Å². The summed E-state index contributed by atoms with van der Waals surface area (Å²) in [6, 6.07) is 16.9. The SMILES string of the molecule is O=CO[C@H](CCc1ccc(-c2cc(F)cc(F)c2)cc1)[C@@H](C=O)CCN1C(=O)c2ccccc2C1=O. The first-order chi connectivity index (χ1) is 17.4. The van der Waals surface area contributed by atoms with Crippen molar-refractivity contribution in [2.45, 2.75) is 25.4 Å². The molecule has 0 fully saturated rings. The van der Waals surface area contributed by atoms with Crippen LogP contribution in [0.2, 0.25) is 0 Å². The fraction of sp³-hybridized carbons (Fsp3) is 0.214. The van der Waals surface area contributed by atoms with E-state index in [2.05, 4.69) is 0 Å². The van der Waals surface area contributed by atoms with Crippen molar-refractivity contribution in [3.63, 3.8) is 0 Å². The van der Waals surface area contributed by atoms with Crippen molar-refractivity contribution in [1.29, 1.82) is 0 Å². The van der Waals surface area contributed by atoms with Crippen molar-refractivity contribution in [1.82, 2.24) is 4.90 Å². The van der Waals surface area contributed by atoms with E-state index in [4.69, 9.17) is 4.74 Å². The van der Waals surface area contributed by atoms with Gasteiger partial charge < -0.3 is 9.53 Å². The standard InChI is InChI=1S/C28H23F2NO5/c29-22-13-21(14-23(30)15-22)19-8-5-18(6-9-19)7-10-26(36-17-33)20(16-32)11-12-31-27(34)24-3-1-2-4-25(24)28(31)35/h1-6,8-9,13-17,20,26H,7,10-12H2/t20-,26-/m1/s1. The molecule has 0 saturated heterocycles. The molecule has 0 spiro atoms. The summed E-state index contributed by atoms with van der Waals surface area (Å²) in [6.45, 7) is 0.304. The normalized spacial score (nSPS) is 14.3. The second-order valence-corrected chi connectivity index (χ2v) is 8.56. The molecule has 0 bridgehead atoms. The number of carbonyl (C=O) groups is 4. The predicted octanol–water partition coefficient (Wildman–Crippen LogP) is 4.61. The molecule has 3 aromatic carbocycles. The first kappa shape index (κ1) is 24.9. The number of ether oxygens (including phenoxy) is 1.